The Morgan fingerprint density at radius 2 is 2.19 bits per heavy atom. The van der Waals surface area contributed by atoms with Gasteiger partial charge in [-0.15, -0.1) is 0 Å². The second-order valence-corrected chi connectivity index (χ2v) is 4.99. The van der Waals surface area contributed by atoms with Crippen LogP contribution < -0.4 is 5.32 Å². The van der Waals surface area contributed by atoms with Crippen molar-refractivity contribution < 1.29 is 9.53 Å². The lowest BCUT2D eigenvalue weighted by molar-refractivity contribution is -0.136. The Balaban J connectivity index is 1.89. The first kappa shape index (κ1) is 11.9. The quantitative estimate of drug-likeness (QED) is 0.707. The first-order valence-corrected chi connectivity index (χ1v) is 6.34. The van der Waals surface area contributed by atoms with Crippen molar-refractivity contribution in [2.24, 2.45) is 11.8 Å². The molecule has 4 nitrogen and oxygen atoms in total. The molecule has 2 atom stereocenters. The van der Waals surface area contributed by atoms with Crippen molar-refractivity contribution in [1.29, 1.82) is 0 Å². The second-order valence-electron chi connectivity index (χ2n) is 4.99. The van der Waals surface area contributed by atoms with Crippen LogP contribution in [0.2, 0.25) is 0 Å². The third-order valence-electron chi connectivity index (χ3n) is 3.45. The number of rotatable bonds is 1. The highest BCUT2D eigenvalue weighted by molar-refractivity contribution is 5.79. The number of nitrogens with one attached hydrogen (secondary N) is 1. The molecule has 0 aromatic rings. The zero-order valence-electron chi connectivity index (χ0n) is 10.1. The van der Waals surface area contributed by atoms with Crippen LogP contribution in [0.1, 0.15) is 19.8 Å². The minimum absolute atomic E-state index is 0.182. The Labute approximate surface area is 97.3 Å². The molecule has 2 rings (SSSR count). The lowest BCUT2D eigenvalue weighted by atomic mass is 9.91. The zero-order chi connectivity index (χ0) is 11.4. The summed E-state index contributed by atoms with van der Waals surface area (Å²) in [6.07, 6.45) is 2.00. The van der Waals surface area contributed by atoms with E-state index in [0.717, 1.165) is 45.6 Å². The van der Waals surface area contributed by atoms with Crippen molar-refractivity contribution in [2.75, 3.05) is 39.4 Å². The van der Waals surface area contributed by atoms with E-state index in [1.165, 1.54) is 0 Å². The van der Waals surface area contributed by atoms with Crippen LogP contribution in [0.25, 0.3) is 0 Å². The summed E-state index contributed by atoms with van der Waals surface area (Å²) < 4.78 is 5.37. The van der Waals surface area contributed by atoms with Gasteiger partial charge >= 0.3 is 0 Å². The molecular formula is C12H22N2O2. The van der Waals surface area contributed by atoms with Gasteiger partial charge in [0.25, 0.3) is 0 Å². The fourth-order valence-electron chi connectivity index (χ4n) is 2.57. The molecule has 0 aliphatic carbocycles. The van der Waals surface area contributed by atoms with E-state index in [4.69, 9.17) is 4.74 Å². The number of hydrogen-bond acceptors (Lipinski definition) is 3. The average molecular weight is 226 g/mol. The van der Waals surface area contributed by atoms with Gasteiger partial charge in [0.2, 0.25) is 5.91 Å². The molecule has 0 aromatic heterocycles. The Hall–Kier alpha value is -0.610. The summed E-state index contributed by atoms with van der Waals surface area (Å²) in [6.45, 7) is 7.23. The van der Waals surface area contributed by atoms with E-state index in [-0.39, 0.29) is 5.92 Å². The molecule has 92 valence electrons. The van der Waals surface area contributed by atoms with Gasteiger partial charge in [-0.3, -0.25) is 4.79 Å². The van der Waals surface area contributed by atoms with E-state index < -0.39 is 0 Å². The van der Waals surface area contributed by atoms with Crippen LogP contribution in [-0.2, 0) is 9.53 Å². The van der Waals surface area contributed by atoms with Crippen molar-refractivity contribution in [3.8, 4) is 0 Å². The number of nitrogens with zero attached hydrogens (tertiary/aromatic N) is 1. The van der Waals surface area contributed by atoms with Gasteiger partial charge in [0.05, 0.1) is 12.5 Å². The van der Waals surface area contributed by atoms with Gasteiger partial charge in [-0.05, 0) is 25.3 Å². The normalized spacial score (nSPS) is 32.2. The molecule has 2 heterocycles. The molecule has 0 aromatic carbocycles. The van der Waals surface area contributed by atoms with E-state index in [1.54, 1.807) is 0 Å². The number of piperidine rings is 1. The van der Waals surface area contributed by atoms with E-state index in [9.17, 15) is 4.79 Å². The maximum absolute atomic E-state index is 12.3. The lowest BCUT2D eigenvalue weighted by Gasteiger charge is -2.31. The van der Waals surface area contributed by atoms with E-state index >= 15 is 0 Å². The molecule has 0 saturated carbocycles. The van der Waals surface area contributed by atoms with Crippen molar-refractivity contribution in [2.45, 2.75) is 19.8 Å². The molecule has 4 heteroatoms. The highest BCUT2D eigenvalue weighted by atomic mass is 16.5. The molecule has 0 radical (unpaired) electrons. The molecule has 0 spiro atoms. The molecule has 16 heavy (non-hydrogen) atoms. The lowest BCUT2D eigenvalue weighted by Crippen LogP contribution is -2.46. The van der Waals surface area contributed by atoms with Gasteiger partial charge in [0.1, 0.15) is 0 Å². The molecule has 1 amide bonds. The fraction of sp³-hybridized carbons (Fsp3) is 0.917. The molecule has 2 aliphatic rings. The van der Waals surface area contributed by atoms with Crippen molar-refractivity contribution in [3.63, 3.8) is 0 Å². The number of hydrogen-bond donors (Lipinski definition) is 1. The van der Waals surface area contributed by atoms with Gasteiger partial charge in [-0.25, -0.2) is 0 Å². The standard InChI is InChI=1S/C12H22N2O2/c1-10-7-11(9-13-8-10)12(15)14-3-2-5-16-6-4-14/h10-11,13H,2-9H2,1H3. The topological polar surface area (TPSA) is 41.6 Å². The van der Waals surface area contributed by atoms with Crippen molar-refractivity contribution in [1.82, 2.24) is 10.2 Å². The van der Waals surface area contributed by atoms with Gasteiger partial charge in [0.15, 0.2) is 0 Å². The maximum Gasteiger partial charge on any atom is 0.227 e. The highest BCUT2D eigenvalue weighted by Crippen LogP contribution is 2.18. The Kier molecular flexibility index (Phi) is 4.18. The van der Waals surface area contributed by atoms with E-state index in [0.29, 0.717) is 18.4 Å². The third-order valence-corrected chi connectivity index (χ3v) is 3.45. The molecule has 0 bridgehead atoms. The summed E-state index contributed by atoms with van der Waals surface area (Å²) in [5.41, 5.74) is 0. The summed E-state index contributed by atoms with van der Waals surface area (Å²) in [6, 6.07) is 0. The predicted octanol–water partition coefficient (Wildman–Crippen LogP) is 0.481. The summed E-state index contributed by atoms with van der Waals surface area (Å²) in [5.74, 6) is 1.12. The van der Waals surface area contributed by atoms with Gasteiger partial charge in [-0.2, -0.15) is 0 Å². The van der Waals surface area contributed by atoms with Crippen LogP contribution in [0.4, 0.5) is 0 Å². The summed E-state index contributed by atoms with van der Waals surface area (Å²) in [5, 5.41) is 3.34. The maximum atomic E-state index is 12.3. The van der Waals surface area contributed by atoms with Crippen LogP contribution >= 0.6 is 0 Å². The Morgan fingerprint density at radius 1 is 1.31 bits per heavy atom. The molecule has 2 saturated heterocycles. The highest BCUT2D eigenvalue weighted by Gasteiger charge is 2.28. The Morgan fingerprint density at radius 3 is 3.00 bits per heavy atom. The number of carbonyl (C=O) groups is 1. The van der Waals surface area contributed by atoms with Crippen molar-refractivity contribution in [3.05, 3.63) is 0 Å². The smallest absolute Gasteiger partial charge is 0.227 e. The largest absolute Gasteiger partial charge is 0.380 e. The predicted molar refractivity (Wildman–Crippen MR) is 62.2 cm³/mol. The molecule has 2 aliphatic heterocycles. The first-order chi connectivity index (χ1) is 7.77. The van der Waals surface area contributed by atoms with Crippen molar-refractivity contribution >= 4 is 5.91 Å². The Bertz CT molecular complexity index is 233. The van der Waals surface area contributed by atoms with Crippen LogP contribution in [0, 0.1) is 11.8 Å². The van der Waals surface area contributed by atoms with Crippen LogP contribution in [-0.4, -0.2) is 50.2 Å². The van der Waals surface area contributed by atoms with Gasteiger partial charge in [0, 0.05) is 26.2 Å². The average Bonchev–Trinajstić information content (AvgIpc) is 2.56. The SMILES string of the molecule is CC1CNCC(C(=O)N2CCCOCC2)C1. The summed E-state index contributed by atoms with van der Waals surface area (Å²) in [7, 11) is 0. The van der Waals surface area contributed by atoms with Crippen LogP contribution in [0.5, 0.6) is 0 Å². The molecular weight excluding hydrogens is 204 g/mol. The van der Waals surface area contributed by atoms with E-state index in [2.05, 4.69) is 12.2 Å². The minimum atomic E-state index is 0.182. The number of amides is 1. The number of carbonyl (C=O) groups excluding carboxylic acids is 1. The van der Waals surface area contributed by atoms with Crippen LogP contribution in [0.15, 0.2) is 0 Å². The fourth-order valence-corrected chi connectivity index (χ4v) is 2.57. The zero-order valence-corrected chi connectivity index (χ0v) is 10.1. The molecule has 2 fully saturated rings. The first-order valence-electron chi connectivity index (χ1n) is 6.34. The van der Waals surface area contributed by atoms with Crippen LogP contribution in [0.3, 0.4) is 0 Å². The summed E-state index contributed by atoms with van der Waals surface area (Å²) >= 11 is 0. The third kappa shape index (κ3) is 2.95. The molecule has 1 N–H and O–H groups in total. The van der Waals surface area contributed by atoms with Gasteiger partial charge < -0.3 is 15.0 Å². The molecule has 2 unspecified atom stereocenters. The van der Waals surface area contributed by atoms with E-state index in [1.807, 2.05) is 4.90 Å². The summed E-state index contributed by atoms with van der Waals surface area (Å²) in [4.78, 5) is 14.3. The second kappa shape index (κ2) is 5.64. The monoisotopic (exact) mass is 226 g/mol. The van der Waals surface area contributed by atoms with Gasteiger partial charge in [-0.1, -0.05) is 6.92 Å². The minimum Gasteiger partial charge on any atom is -0.380 e. The number of ether oxygens (including phenoxy) is 1.